The fourth-order valence-electron chi connectivity index (χ4n) is 6.73. The molecule has 0 saturated carbocycles. The van der Waals surface area contributed by atoms with Crippen molar-refractivity contribution in [2.75, 3.05) is 55.1 Å². The molecule has 0 bridgehead atoms. The number of carbonyl (C=O) groups is 3. The first-order valence-electron chi connectivity index (χ1n) is 18.6. The number of para-hydroxylation sites is 3. The van der Waals surface area contributed by atoms with E-state index in [9.17, 15) is 18.8 Å². The normalized spacial score (nSPS) is 12.7. The summed E-state index contributed by atoms with van der Waals surface area (Å²) < 4.78 is 48.4. The summed E-state index contributed by atoms with van der Waals surface area (Å²) in [5, 5.41) is 0. The average Bonchev–Trinajstić information content (AvgIpc) is 3.80. The molecule has 1 aliphatic heterocycles. The van der Waals surface area contributed by atoms with Crippen LogP contribution in [0.4, 0.5) is 41.8 Å². The lowest BCUT2D eigenvalue weighted by Gasteiger charge is -2.38. The van der Waals surface area contributed by atoms with Gasteiger partial charge in [0.1, 0.15) is 34.1 Å². The van der Waals surface area contributed by atoms with Crippen LogP contribution in [-0.4, -0.2) is 83.5 Å². The van der Waals surface area contributed by atoms with Crippen molar-refractivity contribution in [1.29, 1.82) is 0 Å². The van der Waals surface area contributed by atoms with E-state index < -0.39 is 18.2 Å². The molecule has 0 atom stereocenters. The minimum atomic E-state index is -1.29. The molecule has 0 radical (unpaired) electrons. The first-order chi connectivity index (χ1) is 29.0. The minimum absolute atomic E-state index is 0.0292. The van der Waals surface area contributed by atoms with Crippen molar-refractivity contribution in [3.8, 4) is 23.3 Å². The van der Waals surface area contributed by atoms with Gasteiger partial charge in [0, 0.05) is 44.0 Å². The Morgan fingerprint density at radius 2 is 1.27 bits per heavy atom. The molecule has 60 heavy (non-hydrogen) atoms. The van der Waals surface area contributed by atoms with Gasteiger partial charge in [-0.15, -0.1) is 0 Å². The number of anilines is 4. The van der Waals surface area contributed by atoms with Crippen molar-refractivity contribution in [1.82, 2.24) is 24.8 Å². The van der Waals surface area contributed by atoms with E-state index in [1.165, 1.54) is 55.5 Å². The summed E-state index contributed by atoms with van der Waals surface area (Å²) in [4.78, 5) is 66.8. The SMILES string of the molecule is COc1nc2oc(C)cc2nc1N(C(=O)Oc1ccccc1)C(=O)Oc1ccccc1N(C(=O)N1CCN(c2cc(C)cc(F)c2)CC1)c1nc2cc(C)oc2nc1OC. The zero-order valence-corrected chi connectivity index (χ0v) is 33.0. The molecule has 18 heteroatoms. The maximum Gasteiger partial charge on any atom is 0.431 e. The number of urea groups is 1. The fraction of sp³-hybridized carbons (Fsp3) is 0.214. The van der Waals surface area contributed by atoms with Crippen LogP contribution in [0.5, 0.6) is 23.3 Å². The van der Waals surface area contributed by atoms with Crippen LogP contribution in [0.25, 0.3) is 22.5 Å². The van der Waals surface area contributed by atoms with Crippen LogP contribution in [-0.2, 0) is 0 Å². The van der Waals surface area contributed by atoms with E-state index in [-0.39, 0.29) is 76.4 Å². The molecule has 4 amide bonds. The molecule has 7 aromatic rings. The summed E-state index contributed by atoms with van der Waals surface area (Å²) in [6, 6.07) is 21.7. The van der Waals surface area contributed by atoms with Crippen molar-refractivity contribution >= 4 is 63.7 Å². The number of imide groups is 1. The second kappa shape index (κ2) is 16.2. The number of halogens is 1. The lowest BCUT2D eigenvalue weighted by Crippen LogP contribution is -2.52. The highest BCUT2D eigenvalue weighted by molar-refractivity contribution is 6.11. The van der Waals surface area contributed by atoms with Gasteiger partial charge in [-0.25, -0.2) is 33.6 Å². The summed E-state index contributed by atoms with van der Waals surface area (Å²) in [6.45, 7) is 6.44. The predicted molar refractivity (Wildman–Crippen MR) is 216 cm³/mol. The molecule has 1 saturated heterocycles. The summed E-state index contributed by atoms with van der Waals surface area (Å²) >= 11 is 0. The molecule has 4 aromatic heterocycles. The van der Waals surface area contributed by atoms with Crippen LogP contribution in [0.2, 0.25) is 0 Å². The Bertz CT molecular complexity index is 2730. The van der Waals surface area contributed by atoms with E-state index in [0.29, 0.717) is 40.7 Å². The van der Waals surface area contributed by atoms with Gasteiger partial charge in [-0.3, -0.25) is 0 Å². The number of fused-ring (bicyclic) bond motifs is 2. The molecule has 306 valence electrons. The molecule has 3 aromatic carbocycles. The smallest absolute Gasteiger partial charge is 0.431 e. The van der Waals surface area contributed by atoms with Gasteiger partial charge in [0.05, 0.1) is 19.9 Å². The molecule has 0 aliphatic carbocycles. The number of amides is 4. The van der Waals surface area contributed by atoms with Crippen molar-refractivity contribution in [3.63, 3.8) is 0 Å². The fourth-order valence-corrected chi connectivity index (χ4v) is 6.73. The third-order valence-corrected chi connectivity index (χ3v) is 9.44. The monoisotopic (exact) mass is 816 g/mol. The molecule has 0 unspecified atom stereocenters. The number of hydrogen-bond acceptors (Lipinski definition) is 14. The largest absolute Gasteiger partial charge is 0.478 e. The number of ether oxygens (including phenoxy) is 4. The van der Waals surface area contributed by atoms with Gasteiger partial charge in [0.25, 0.3) is 11.8 Å². The molecular formula is C42H37FN8O9. The summed E-state index contributed by atoms with van der Waals surface area (Å²) in [5.74, 6) is -0.155. The Morgan fingerprint density at radius 3 is 1.90 bits per heavy atom. The zero-order chi connectivity index (χ0) is 42.1. The number of hydrogen-bond donors (Lipinski definition) is 0. The maximum absolute atomic E-state index is 14.9. The lowest BCUT2D eigenvalue weighted by atomic mass is 10.2. The first-order valence-corrected chi connectivity index (χ1v) is 18.6. The number of aromatic nitrogens is 4. The summed E-state index contributed by atoms with van der Waals surface area (Å²) in [7, 11) is 2.65. The number of methoxy groups -OCH3 is 2. The molecule has 0 N–H and O–H groups in total. The summed E-state index contributed by atoms with van der Waals surface area (Å²) in [5.41, 5.74) is 2.31. The van der Waals surface area contributed by atoms with Crippen LogP contribution in [0, 0.1) is 26.6 Å². The molecular weight excluding hydrogens is 780 g/mol. The number of benzene rings is 3. The van der Waals surface area contributed by atoms with E-state index in [0.717, 1.165) is 5.56 Å². The van der Waals surface area contributed by atoms with E-state index in [2.05, 4.69) is 15.0 Å². The zero-order valence-electron chi connectivity index (χ0n) is 33.0. The molecule has 17 nitrogen and oxygen atoms in total. The van der Waals surface area contributed by atoms with Crippen LogP contribution in [0.3, 0.4) is 0 Å². The third-order valence-electron chi connectivity index (χ3n) is 9.44. The number of nitrogens with zero attached hydrogens (tertiary/aromatic N) is 8. The van der Waals surface area contributed by atoms with Crippen molar-refractivity contribution in [3.05, 3.63) is 108 Å². The number of rotatable bonds is 8. The Morgan fingerprint density at radius 1 is 0.683 bits per heavy atom. The quantitative estimate of drug-likeness (QED) is 0.143. The molecule has 1 fully saturated rings. The minimum Gasteiger partial charge on any atom is -0.478 e. The van der Waals surface area contributed by atoms with Gasteiger partial charge in [0.2, 0.25) is 23.1 Å². The third kappa shape index (κ3) is 7.77. The van der Waals surface area contributed by atoms with E-state index in [1.807, 2.05) is 17.9 Å². The van der Waals surface area contributed by atoms with E-state index in [4.69, 9.17) is 32.8 Å². The topological polar surface area (TPSA) is 179 Å². The van der Waals surface area contributed by atoms with Gasteiger partial charge in [0.15, 0.2) is 5.75 Å². The first kappa shape index (κ1) is 39.1. The van der Waals surface area contributed by atoms with Crippen molar-refractivity contribution in [2.45, 2.75) is 20.8 Å². The van der Waals surface area contributed by atoms with Gasteiger partial charge < -0.3 is 37.6 Å². The van der Waals surface area contributed by atoms with Crippen LogP contribution in [0.1, 0.15) is 17.1 Å². The lowest BCUT2D eigenvalue weighted by molar-refractivity contribution is 0.189. The molecule has 8 rings (SSSR count). The van der Waals surface area contributed by atoms with E-state index >= 15 is 0 Å². The Kier molecular flexibility index (Phi) is 10.6. The van der Waals surface area contributed by atoms with Gasteiger partial charge in [-0.1, -0.05) is 30.3 Å². The van der Waals surface area contributed by atoms with Crippen LogP contribution >= 0.6 is 0 Å². The second-order valence-electron chi connectivity index (χ2n) is 13.6. The van der Waals surface area contributed by atoms with Gasteiger partial charge in [-0.05, 0) is 68.8 Å². The average molecular weight is 817 g/mol. The Hall–Kier alpha value is -7.76. The van der Waals surface area contributed by atoms with Crippen molar-refractivity contribution < 1.29 is 46.6 Å². The highest BCUT2D eigenvalue weighted by Crippen LogP contribution is 2.40. The highest BCUT2D eigenvalue weighted by atomic mass is 19.1. The number of aryl methyl sites for hydroxylation is 3. The highest BCUT2D eigenvalue weighted by Gasteiger charge is 2.37. The predicted octanol–water partition coefficient (Wildman–Crippen LogP) is 8.13. The Labute approximate surface area is 341 Å². The van der Waals surface area contributed by atoms with Crippen LogP contribution in [0.15, 0.2) is 93.8 Å². The molecule has 1 aliphatic rings. The standard InChI is InChI=1S/C42H37FN8O9/c1-24-19-27(43)23-28(20-24)48-15-17-49(18-16-48)40(52)50(34-38(55-4)46-36-30(44-34)21-25(2)57-36)32-13-9-10-14-33(32)60-42(54)51(41(53)59-29-11-7-6-8-12-29)35-39(56-5)47-37-31(45-35)22-26(3)58-37/h6-14,19-23H,15-18H2,1-5H3. The van der Waals surface area contributed by atoms with Gasteiger partial charge >= 0.3 is 18.2 Å². The van der Waals surface area contributed by atoms with Crippen LogP contribution < -0.4 is 33.6 Å². The summed E-state index contributed by atoms with van der Waals surface area (Å²) in [6.07, 6.45) is -2.50. The second-order valence-corrected chi connectivity index (χ2v) is 13.6. The Balaban J connectivity index is 1.19. The van der Waals surface area contributed by atoms with E-state index in [1.54, 1.807) is 61.2 Å². The van der Waals surface area contributed by atoms with Gasteiger partial charge in [-0.2, -0.15) is 14.9 Å². The maximum atomic E-state index is 14.9. The number of carbonyl (C=O) groups excluding carboxylic acids is 3. The molecule has 0 spiro atoms. The number of piperazine rings is 1. The molecule has 5 heterocycles. The van der Waals surface area contributed by atoms with Crippen molar-refractivity contribution in [2.24, 2.45) is 0 Å². The number of furan rings is 2.